The Morgan fingerprint density at radius 2 is 1.72 bits per heavy atom. The first-order chi connectivity index (χ1) is 12.0. The Morgan fingerprint density at radius 1 is 1.04 bits per heavy atom. The predicted molar refractivity (Wildman–Crippen MR) is 94.7 cm³/mol. The van der Waals surface area contributed by atoms with E-state index in [1.807, 2.05) is 19.9 Å². The maximum atomic E-state index is 12.4. The van der Waals surface area contributed by atoms with Crippen molar-refractivity contribution in [2.75, 3.05) is 0 Å². The monoisotopic (exact) mass is 354 g/mol. The van der Waals surface area contributed by atoms with Crippen molar-refractivity contribution < 1.29 is 9.53 Å². The van der Waals surface area contributed by atoms with Crippen LogP contribution < -0.4 is 0 Å². The number of carbonyl (C=O) groups is 1. The van der Waals surface area contributed by atoms with Crippen molar-refractivity contribution in [3.8, 4) is 0 Å². The normalized spacial score (nSPS) is 11.4. The molecular formula is C18H15ClN4O2. The fraction of sp³-hybridized carbons (Fsp3) is 0.111. The van der Waals surface area contributed by atoms with E-state index in [0.29, 0.717) is 16.1 Å². The second-order valence-corrected chi connectivity index (χ2v) is 5.75. The summed E-state index contributed by atoms with van der Waals surface area (Å²) in [5.74, 6) is -0.401. The molecule has 0 fully saturated rings. The minimum absolute atomic E-state index is 0.110. The molecule has 0 saturated carbocycles. The molecule has 7 heteroatoms. The van der Waals surface area contributed by atoms with Crippen molar-refractivity contribution in [3.63, 3.8) is 0 Å². The van der Waals surface area contributed by atoms with Crippen LogP contribution in [0.4, 0.5) is 0 Å². The zero-order valence-corrected chi connectivity index (χ0v) is 14.4. The maximum Gasteiger partial charge on any atom is 0.344 e. The van der Waals surface area contributed by atoms with E-state index in [9.17, 15) is 4.79 Å². The van der Waals surface area contributed by atoms with Gasteiger partial charge in [-0.25, -0.2) is 4.79 Å². The van der Waals surface area contributed by atoms with E-state index in [2.05, 4.69) is 15.4 Å². The zero-order valence-electron chi connectivity index (χ0n) is 13.7. The Hall–Kier alpha value is -2.99. The van der Waals surface area contributed by atoms with E-state index in [1.54, 1.807) is 48.5 Å². The molecule has 3 rings (SSSR count). The molecule has 0 radical (unpaired) electrons. The second-order valence-electron chi connectivity index (χ2n) is 5.32. The van der Waals surface area contributed by atoms with Crippen molar-refractivity contribution in [3.05, 3.63) is 82.1 Å². The lowest BCUT2D eigenvalue weighted by Gasteiger charge is -2.08. The van der Waals surface area contributed by atoms with Gasteiger partial charge in [-0.2, -0.15) is 0 Å². The molecule has 0 aliphatic heterocycles. The largest absolute Gasteiger partial charge is 0.402 e. The SMILES string of the molecule is Cc1nnn(/N=C(\OC(=O)c2ccccc2)c2ccc(Cl)cc2)c1C. The van der Waals surface area contributed by atoms with Crippen molar-refractivity contribution in [1.29, 1.82) is 0 Å². The third kappa shape index (κ3) is 3.92. The molecule has 0 amide bonds. The van der Waals surface area contributed by atoms with Crippen LogP contribution >= 0.6 is 11.6 Å². The Morgan fingerprint density at radius 3 is 2.32 bits per heavy atom. The number of hydrogen-bond donors (Lipinski definition) is 0. The number of hydrogen-bond acceptors (Lipinski definition) is 5. The fourth-order valence-corrected chi connectivity index (χ4v) is 2.15. The number of nitrogens with zero attached hydrogens (tertiary/aromatic N) is 4. The third-order valence-corrected chi connectivity index (χ3v) is 3.83. The van der Waals surface area contributed by atoms with Crippen LogP contribution in [0.25, 0.3) is 0 Å². The number of ether oxygens (including phenoxy) is 1. The summed E-state index contributed by atoms with van der Waals surface area (Å²) in [5, 5.41) is 12.8. The van der Waals surface area contributed by atoms with Gasteiger partial charge in [-0.05, 0) is 55.5 Å². The Balaban J connectivity index is 1.98. The molecule has 3 aromatic rings. The number of benzene rings is 2. The standard InChI is InChI=1S/C18H15ClN4O2/c1-12-13(2)23(22-20-12)21-17(14-8-10-16(19)11-9-14)25-18(24)15-6-4-3-5-7-15/h3-11H,1-2H3/b21-17-. The van der Waals surface area contributed by atoms with E-state index in [-0.39, 0.29) is 5.90 Å². The summed E-state index contributed by atoms with van der Waals surface area (Å²) in [6.07, 6.45) is 0. The number of carbonyl (C=O) groups excluding carboxylic acids is 1. The number of halogens is 1. The highest BCUT2D eigenvalue weighted by Crippen LogP contribution is 2.13. The number of rotatable bonds is 3. The molecule has 0 unspecified atom stereocenters. The molecule has 0 atom stereocenters. The zero-order chi connectivity index (χ0) is 17.8. The third-order valence-electron chi connectivity index (χ3n) is 3.58. The summed E-state index contributed by atoms with van der Waals surface area (Å²) < 4.78 is 5.51. The van der Waals surface area contributed by atoms with Gasteiger partial charge in [0.05, 0.1) is 17.0 Å². The van der Waals surface area contributed by atoms with Gasteiger partial charge in [-0.15, -0.1) is 15.0 Å². The van der Waals surface area contributed by atoms with Crippen LogP contribution in [0.2, 0.25) is 5.02 Å². The first kappa shape index (κ1) is 16.9. The van der Waals surface area contributed by atoms with E-state index >= 15 is 0 Å². The van der Waals surface area contributed by atoms with Gasteiger partial charge in [0.1, 0.15) is 0 Å². The first-order valence-corrected chi connectivity index (χ1v) is 7.93. The van der Waals surface area contributed by atoms with Crippen LogP contribution in [0.3, 0.4) is 0 Å². The van der Waals surface area contributed by atoms with Crippen molar-refractivity contribution in [2.24, 2.45) is 5.10 Å². The molecule has 25 heavy (non-hydrogen) atoms. The Kier molecular flexibility index (Phi) is 4.90. The average molecular weight is 355 g/mol. The van der Waals surface area contributed by atoms with Crippen LogP contribution in [0.1, 0.15) is 27.3 Å². The molecule has 0 spiro atoms. The Bertz CT molecular complexity index is 918. The lowest BCUT2D eigenvalue weighted by atomic mass is 10.2. The van der Waals surface area contributed by atoms with Crippen LogP contribution in [-0.2, 0) is 4.74 Å². The highest BCUT2D eigenvalue weighted by atomic mass is 35.5. The van der Waals surface area contributed by atoms with Crippen molar-refractivity contribution >= 4 is 23.5 Å². The van der Waals surface area contributed by atoms with E-state index < -0.39 is 5.97 Å². The molecule has 2 aromatic carbocycles. The smallest absolute Gasteiger partial charge is 0.344 e. The predicted octanol–water partition coefficient (Wildman–Crippen LogP) is 3.62. The number of aryl methyl sites for hydroxylation is 1. The lowest BCUT2D eigenvalue weighted by molar-refractivity contribution is 0.0716. The minimum atomic E-state index is -0.510. The highest BCUT2D eigenvalue weighted by Gasteiger charge is 2.15. The summed E-state index contributed by atoms with van der Waals surface area (Å²) in [7, 11) is 0. The summed E-state index contributed by atoms with van der Waals surface area (Å²) in [5.41, 5.74) is 2.52. The summed E-state index contributed by atoms with van der Waals surface area (Å²) in [6, 6.07) is 15.5. The molecule has 0 bridgehead atoms. The lowest BCUT2D eigenvalue weighted by Crippen LogP contribution is -2.16. The van der Waals surface area contributed by atoms with Gasteiger partial charge in [0.15, 0.2) is 0 Å². The maximum absolute atomic E-state index is 12.4. The van der Waals surface area contributed by atoms with Gasteiger partial charge >= 0.3 is 5.97 Å². The van der Waals surface area contributed by atoms with Crippen LogP contribution in [-0.4, -0.2) is 27.0 Å². The fourth-order valence-electron chi connectivity index (χ4n) is 2.03. The van der Waals surface area contributed by atoms with Crippen LogP contribution in [0, 0.1) is 13.8 Å². The number of aromatic nitrogens is 3. The van der Waals surface area contributed by atoms with Gasteiger partial charge in [0.25, 0.3) is 0 Å². The van der Waals surface area contributed by atoms with E-state index in [4.69, 9.17) is 16.3 Å². The van der Waals surface area contributed by atoms with Crippen molar-refractivity contribution in [1.82, 2.24) is 15.1 Å². The quantitative estimate of drug-likeness (QED) is 0.409. The Labute approximate surface area is 149 Å². The molecule has 0 saturated heterocycles. The molecular weight excluding hydrogens is 340 g/mol. The van der Waals surface area contributed by atoms with Gasteiger partial charge in [0, 0.05) is 10.6 Å². The first-order valence-electron chi connectivity index (χ1n) is 7.55. The topological polar surface area (TPSA) is 69.4 Å². The number of esters is 1. The summed E-state index contributed by atoms with van der Waals surface area (Å²) in [6.45, 7) is 3.66. The second kappa shape index (κ2) is 7.27. The van der Waals surface area contributed by atoms with Crippen LogP contribution in [0.15, 0.2) is 59.7 Å². The average Bonchev–Trinajstić information content (AvgIpc) is 2.94. The highest BCUT2D eigenvalue weighted by molar-refractivity contribution is 6.30. The van der Waals surface area contributed by atoms with Gasteiger partial charge in [0.2, 0.25) is 5.90 Å². The molecule has 126 valence electrons. The van der Waals surface area contributed by atoms with Gasteiger partial charge < -0.3 is 4.74 Å². The molecule has 6 nitrogen and oxygen atoms in total. The molecule has 1 heterocycles. The molecule has 0 N–H and O–H groups in total. The van der Waals surface area contributed by atoms with Gasteiger partial charge in [-0.3, -0.25) is 0 Å². The molecule has 0 aliphatic carbocycles. The van der Waals surface area contributed by atoms with E-state index in [1.165, 1.54) is 4.79 Å². The minimum Gasteiger partial charge on any atom is -0.402 e. The van der Waals surface area contributed by atoms with Gasteiger partial charge in [-0.1, -0.05) is 29.8 Å². The summed E-state index contributed by atoms with van der Waals surface area (Å²) in [4.78, 5) is 13.7. The molecule has 1 aromatic heterocycles. The summed E-state index contributed by atoms with van der Waals surface area (Å²) >= 11 is 5.93. The van der Waals surface area contributed by atoms with E-state index in [0.717, 1.165) is 11.4 Å². The van der Waals surface area contributed by atoms with Crippen molar-refractivity contribution in [2.45, 2.75) is 13.8 Å². The van der Waals surface area contributed by atoms with Crippen LogP contribution in [0.5, 0.6) is 0 Å². The molecule has 0 aliphatic rings.